The van der Waals surface area contributed by atoms with Crippen LogP contribution in [0.2, 0.25) is 0 Å². The number of anilines is 3. The van der Waals surface area contributed by atoms with Crippen molar-refractivity contribution in [3.63, 3.8) is 0 Å². The number of nitro groups is 2. The Kier molecular flexibility index (Phi) is 13.7. The van der Waals surface area contributed by atoms with E-state index < -0.39 is 9.85 Å². The molecule has 2 N–H and O–H groups in total. The average molecular weight is 705 g/mol. The number of rotatable bonds is 7. The summed E-state index contributed by atoms with van der Waals surface area (Å²) in [5.41, 5.74) is 8.67. The van der Waals surface area contributed by atoms with E-state index >= 15 is 0 Å². The largest absolute Gasteiger partial charge is 0.495 e. The highest BCUT2D eigenvalue weighted by Gasteiger charge is 2.20. The Bertz CT molecular complexity index is 1460. The van der Waals surface area contributed by atoms with Gasteiger partial charge in [-0.3, -0.25) is 20.2 Å². The van der Waals surface area contributed by atoms with E-state index in [1.807, 2.05) is 18.2 Å². The second-order valence-corrected chi connectivity index (χ2v) is 11.6. The lowest BCUT2D eigenvalue weighted by atomic mass is 10.2. The van der Waals surface area contributed by atoms with Crippen LogP contribution in [0.3, 0.4) is 0 Å². The van der Waals surface area contributed by atoms with Crippen LogP contribution in [0.5, 0.6) is 17.2 Å². The number of methoxy groups -OCH3 is 3. The fraction of sp³-hybridized carbons (Fsp3) is 0.419. The van der Waals surface area contributed by atoms with Gasteiger partial charge in [-0.1, -0.05) is 15.9 Å². The van der Waals surface area contributed by atoms with Crippen LogP contribution in [-0.2, 0) is 0 Å². The molecular formula is C31H42BrN7O7. The highest BCUT2D eigenvalue weighted by atomic mass is 79.9. The molecule has 2 heterocycles. The van der Waals surface area contributed by atoms with Gasteiger partial charge in [-0.25, -0.2) is 0 Å². The first-order chi connectivity index (χ1) is 22.0. The molecule has 250 valence electrons. The van der Waals surface area contributed by atoms with Gasteiger partial charge in [0, 0.05) is 80.3 Å². The smallest absolute Gasteiger partial charge is 0.312 e. The van der Waals surface area contributed by atoms with E-state index in [4.69, 9.17) is 19.9 Å². The number of benzene rings is 3. The SMILES string of the molecule is COc1ccc(Br)cc1[N+](=O)[O-].COc1ccc(N2CCN(C)CC2)cc1N.COc1ccc(N2CCN(C)CC2)cc1[N+](=O)[O-]. The molecule has 0 saturated carbocycles. The summed E-state index contributed by atoms with van der Waals surface area (Å²) in [4.78, 5) is 29.6. The van der Waals surface area contributed by atoms with Gasteiger partial charge in [0.2, 0.25) is 0 Å². The van der Waals surface area contributed by atoms with Gasteiger partial charge in [-0.2, -0.15) is 0 Å². The third-order valence-electron chi connectivity index (χ3n) is 7.65. The van der Waals surface area contributed by atoms with Gasteiger partial charge in [0.25, 0.3) is 0 Å². The molecule has 3 aromatic rings. The highest BCUT2D eigenvalue weighted by molar-refractivity contribution is 9.10. The van der Waals surface area contributed by atoms with Crippen molar-refractivity contribution in [1.82, 2.24) is 9.80 Å². The Balaban J connectivity index is 0.000000192. The zero-order valence-electron chi connectivity index (χ0n) is 26.8. The van der Waals surface area contributed by atoms with E-state index in [9.17, 15) is 20.2 Å². The Morgan fingerprint density at radius 1 is 0.630 bits per heavy atom. The van der Waals surface area contributed by atoms with Crippen molar-refractivity contribution < 1.29 is 24.1 Å². The third-order valence-corrected chi connectivity index (χ3v) is 8.14. The number of hydrogen-bond donors (Lipinski definition) is 1. The van der Waals surface area contributed by atoms with Crippen molar-refractivity contribution in [2.75, 3.05) is 103 Å². The normalized spacial score (nSPS) is 15.1. The van der Waals surface area contributed by atoms with Crippen LogP contribution in [0.25, 0.3) is 0 Å². The summed E-state index contributed by atoms with van der Waals surface area (Å²) in [6.07, 6.45) is 0. The minimum Gasteiger partial charge on any atom is -0.495 e. The van der Waals surface area contributed by atoms with Crippen molar-refractivity contribution >= 4 is 44.4 Å². The van der Waals surface area contributed by atoms with Crippen LogP contribution in [0, 0.1) is 20.2 Å². The Labute approximate surface area is 277 Å². The molecule has 2 aliphatic rings. The number of nitrogens with zero attached hydrogens (tertiary/aromatic N) is 6. The van der Waals surface area contributed by atoms with Crippen molar-refractivity contribution in [2.24, 2.45) is 0 Å². The summed E-state index contributed by atoms with van der Waals surface area (Å²) in [6.45, 7) is 8.04. The molecule has 2 fully saturated rings. The second kappa shape index (κ2) is 17.4. The second-order valence-electron chi connectivity index (χ2n) is 10.7. The Hall–Kier alpha value is -4.34. The molecule has 0 amide bonds. The highest BCUT2D eigenvalue weighted by Crippen LogP contribution is 2.32. The maximum absolute atomic E-state index is 11.0. The summed E-state index contributed by atoms with van der Waals surface area (Å²) in [5.74, 6) is 1.32. The minimum atomic E-state index is -0.483. The van der Waals surface area contributed by atoms with E-state index in [0.717, 1.165) is 63.8 Å². The number of nitro benzene ring substituents is 2. The number of nitrogens with two attached hydrogens (primary N) is 1. The monoisotopic (exact) mass is 703 g/mol. The Morgan fingerprint density at radius 3 is 1.43 bits per heavy atom. The molecular weight excluding hydrogens is 662 g/mol. The average Bonchev–Trinajstić information content (AvgIpc) is 3.05. The lowest BCUT2D eigenvalue weighted by Gasteiger charge is -2.34. The summed E-state index contributed by atoms with van der Waals surface area (Å²) in [5, 5.41) is 21.4. The molecule has 5 rings (SSSR count). The van der Waals surface area contributed by atoms with Crippen LogP contribution in [-0.4, -0.2) is 107 Å². The van der Waals surface area contributed by atoms with Crippen molar-refractivity contribution in [3.05, 3.63) is 79.3 Å². The summed E-state index contributed by atoms with van der Waals surface area (Å²) in [7, 11) is 8.71. The topological polar surface area (TPSA) is 153 Å². The van der Waals surface area contributed by atoms with Gasteiger partial charge < -0.3 is 39.5 Å². The fourth-order valence-electron chi connectivity index (χ4n) is 4.87. The zero-order chi connectivity index (χ0) is 33.8. The number of ether oxygens (including phenoxy) is 3. The number of halogens is 1. The van der Waals surface area contributed by atoms with Crippen LogP contribution >= 0.6 is 15.9 Å². The lowest BCUT2D eigenvalue weighted by molar-refractivity contribution is -0.385. The van der Waals surface area contributed by atoms with Crippen molar-refractivity contribution in [3.8, 4) is 17.2 Å². The van der Waals surface area contributed by atoms with E-state index in [1.165, 1.54) is 26.0 Å². The summed E-state index contributed by atoms with van der Waals surface area (Å²) in [6, 6.07) is 15.7. The van der Waals surface area contributed by atoms with Crippen LogP contribution in [0.1, 0.15) is 0 Å². The quantitative estimate of drug-likeness (QED) is 0.205. The fourth-order valence-corrected chi connectivity index (χ4v) is 5.22. The zero-order valence-corrected chi connectivity index (χ0v) is 28.4. The lowest BCUT2D eigenvalue weighted by Crippen LogP contribution is -2.44. The summed E-state index contributed by atoms with van der Waals surface area (Å²) >= 11 is 3.13. The molecule has 0 radical (unpaired) electrons. The number of nitrogen functional groups attached to an aromatic ring is 1. The molecule has 0 aromatic heterocycles. The van der Waals surface area contributed by atoms with Gasteiger partial charge in [0.15, 0.2) is 11.5 Å². The summed E-state index contributed by atoms with van der Waals surface area (Å²) < 4.78 is 15.6. The maximum Gasteiger partial charge on any atom is 0.312 e. The van der Waals surface area contributed by atoms with E-state index in [0.29, 0.717) is 15.9 Å². The van der Waals surface area contributed by atoms with Gasteiger partial charge in [-0.15, -0.1) is 0 Å². The Morgan fingerprint density at radius 2 is 1.02 bits per heavy atom. The first-order valence-corrected chi connectivity index (χ1v) is 15.4. The molecule has 2 aliphatic heterocycles. The molecule has 0 atom stereocenters. The molecule has 46 heavy (non-hydrogen) atoms. The molecule has 0 bridgehead atoms. The van der Waals surface area contributed by atoms with Crippen molar-refractivity contribution in [1.29, 1.82) is 0 Å². The van der Waals surface area contributed by atoms with Gasteiger partial charge in [0.1, 0.15) is 5.75 Å². The first kappa shape index (κ1) is 36.1. The minimum absolute atomic E-state index is 0.0222. The van der Waals surface area contributed by atoms with Gasteiger partial charge in [0.05, 0.1) is 36.9 Å². The van der Waals surface area contributed by atoms with Crippen LogP contribution in [0.4, 0.5) is 28.4 Å². The van der Waals surface area contributed by atoms with E-state index in [-0.39, 0.29) is 17.1 Å². The predicted octanol–water partition coefficient (Wildman–Crippen LogP) is 4.75. The number of likely N-dealkylation sites (N-methyl/N-ethyl adjacent to an activating group) is 2. The molecule has 0 spiro atoms. The molecule has 3 aromatic carbocycles. The van der Waals surface area contributed by atoms with E-state index in [2.05, 4.69) is 55.7 Å². The molecule has 0 unspecified atom stereocenters. The molecule has 0 aliphatic carbocycles. The predicted molar refractivity (Wildman–Crippen MR) is 184 cm³/mol. The van der Waals surface area contributed by atoms with Gasteiger partial charge in [-0.05, 0) is 56.6 Å². The van der Waals surface area contributed by atoms with Crippen LogP contribution < -0.4 is 29.7 Å². The molecule has 15 heteroatoms. The molecule has 2 saturated heterocycles. The van der Waals surface area contributed by atoms with E-state index in [1.54, 1.807) is 31.4 Å². The number of piperazine rings is 2. The first-order valence-electron chi connectivity index (χ1n) is 14.6. The third kappa shape index (κ3) is 10.1. The van der Waals surface area contributed by atoms with Crippen molar-refractivity contribution in [2.45, 2.75) is 0 Å². The number of hydrogen-bond acceptors (Lipinski definition) is 12. The maximum atomic E-state index is 11.0. The standard InChI is InChI=1S/C12H17N3O3.C12H19N3O.C7H6BrNO3/c1-13-5-7-14(8-6-13)10-3-4-12(18-2)11(9-10)15(16)17;1-14-5-7-15(8-6-14)10-3-4-12(16-2)11(13)9-10;1-12-7-3-2-5(8)4-6(7)9(10)11/h3-4,9H,5-8H2,1-2H3;3-4,9H,5-8,13H2,1-2H3;2-4H,1H3. The van der Waals surface area contributed by atoms with Gasteiger partial charge >= 0.3 is 11.4 Å². The molecule has 14 nitrogen and oxygen atoms in total. The van der Waals surface area contributed by atoms with Crippen LogP contribution in [0.15, 0.2) is 59.1 Å².